The molecule has 3 fully saturated rings. The van der Waals surface area contributed by atoms with Crippen molar-refractivity contribution in [2.45, 2.75) is 19.3 Å². The molecule has 1 aromatic carbocycles. The van der Waals surface area contributed by atoms with Crippen molar-refractivity contribution in [2.24, 2.45) is 23.7 Å². The van der Waals surface area contributed by atoms with Crippen molar-refractivity contribution in [1.29, 1.82) is 0 Å². The molecule has 1 unspecified atom stereocenters. The Morgan fingerprint density at radius 1 is 1.04 bits per heavy atom. The molecule has 3 aliphatic rings. The quantitative estimate of drug-likeness (QED) is 0.885. The lowest BCUT2D eigenvalue weighted by Crippen LogP contribution is -2.37. The highest BCUT2D eigenvalue weighted by molar-refractivity contribution is 5.85. The van der Waals surface area contributed by atoms with Gasteiger partial charge in [-0.1, -0.05) is 18.2 Å². The molecule has 1 aliphatic carbocycles. The molecule has 0 amide bonds. The highest BCUT2D eigenvalue weighted by Gasteiger charge is 2.52. The molecule has 130 valence electrons. The van der Waals surface area contributed by atoms with E-state index in [0.717, 1.165) is 29.7 Å². The fourth-order valence-electron chi connectivity index (χ4n) is 4.46. The molecular formula is C18H27Cl2FN2. The van der Waals surface area contributed by atoms with Crippen molar-refractivity contribution in [1.82, 2.24) is 10.2 Å². The second-order valence-corrected chi connectivity index (χ2v) is 7.19. The number of hydrogen-bond donors (Lipinski definition) is 1. The third kappa shape index (κ3) is 4.19. The SMILES string of the molecule is Cl.Cl.Fc1ccccc1CC1CCN(CC2[C@H]3CNC[C@@H]23)CC1. The lowest BCUT2D eigenvalue weighted by molar-refractivity contribution is 0.171. The summed E-state index contributed by atoms with van der Waals surface area (Å²) in [5.41, 5.74) is 0.902. The van der Waals surface area contributed by atoms with E-state index in [0.29, 0.717) is 5.92 Å². The van der Waals surface area contributed by atoms with Crippen LogP contribution >= 0.6 is 24.8 Å². The molecule has 2 saturated heterocycles. The van der Waals surface area contributed by atoms with E-state index >= 15 is 0 Å². The van der Waals surface area contributed by atoms with Gasteiger partial charge in [0.25, 0.3) is 0 Å². The summed E-state index contributed by atoms with van der Waals surface area (Å²) in [6.45, 7) is 6.23. The Morgan fingerprint density at radius 2 is 1.70 bits per heavy atom. The van der Waals surface area contributed by atoms with Crippen LogP contribution in [0.4, 0.5) is 4.39 Å². The number of hydrogen-bond acceptors (Lipinski definition) is 2. The molecule has 1 aromatic rings. The van der Waals surface area contributed by atoms with Crippen LogP contribution in [0.5, 0.6) is 0 Å². The summed E-state index contributed by atoms with van der Waals surface area (Å²) in [6.07, 6.45) is 3.38. The second-order valence-electron chi connectivity index (χ2n) is 7.19. The second kappa shape index (κ2) is 8.15. The van der Waals surface area contributed by atoms with Gasteiger partial charge in [0.2, 0.25) is 0 Å². The first-order valence-corrected chi connectivity index (χ1v) is 8.48. The average molecular weight is 361 g/mol. The van der Waals surface area contributed by atoms with Crippen LogP contribution in [0.2, 0.25) is 0 Å². The van der Waals surface area contributed by atoms with E-state index in [2.05, 4.69) is 10.2 Å². The number of benzene rings is 1. The maximum atomic E-state index is 13.7. The molecule has 23 heavy (non-hydrogen) atoms. The number of rotatable bonds is 4. The zero-order valence-corrected chi connectivity index (χ0v) is 15.1. The van der Waals surface area contributed by atoms with Crippen molar-refractivity contribution in [3.05, 3.63) is 35.6 Å². The van der Waals surface area contributed by atoms with Crippen LogP contribution < -0.4 is 5.32 Å². The number of halogens is 3. The highest BCUT2D eigenvalue weighted by Crippen LogP contribution is 2.49. The number of likely N-dealkylation sites (tertiary alicyclic amines) is 1. The Morgan fingerprint density at radius 3 is 2.35 bits per heavy atom. The summed E-state index contributed by atoms with van der Waals surface area (Å²) in [7, 11) is 0. The Hall–Kier alpha value is -0.350. The third-order valence-corrected chi connectivity index (χ3v) is 5.91. The smallest absolute Gasteiger partial charge is 0.126 e. The number of piperidine rings is 2. The maximum Gasteiger partial charge on any atom is 0.126 e. The first-order chi connectivity index (χ1) is 10.3. The molecule has 4 rings (SSSR count). The van der Waals surface area contributed by atoms with E-state index in [1.54, 1.807) is 12.1 Å². The van der Waals surface area contributed by atoms with Gasteiger partial charge in [-0.15, -0.1) is 24.8 Å². The fraction of sp³-hybridized carbons (Fsp3) is 0.667. The highest BCUT2D eigenvalue weighted by atomic mass is 35.5. The minimum Gasteiger partial charge on any atom is -0.316 e. The van der Waals surface area contributed by atoms with Gasteiger partial charge in [0.15, 0.2) is 0 Å². The monoisotopic (exact) mass is 360 g/mol. The topological polar surface area (TPSA) is 15.3 Å². The average Bonchev–Trinajstić information content (AvgIpc) is 2.94. The minimum absolute atomic E-state index is 0. The summed E-state index contributed by atoms with van der Waals surface area (Å²) in [4.78, 5) is 2.65. The van der Waals surface area contributed by atoms with Crippen LogP contribution in [-0.2, 0) is 6.42 Å². The molecule has 3 atom stereocenters. The van der Waals surface area contributed by atoms with Crippen LogP contribution in [0.15, 0.2) is 24.3 Å². The van der Waals surface area contributed by atoms with Crippen LogP contribution in [0, 0.1) is 29.5 Å². The van der Waals surface area contributed by atoms with Gasteiger partial charge in [-0.25, -0.2) is 4.39 Å². The van der Waals surface area contributed by atoms with Crippen molar-refractivity contribution in [3.8, 4) is 0 Å². The Kier molecular flexibility index (Phi) is 6.73. The van der Waals surface area contributed by atoms with Gasteiger partial charge in [-0.2, -0.15) is 0 Å². The van der Waals surface area contributed by atoms with Crippen molar-refractivity contribution < 1.29 is 4.39 Å². The summed E-state index contributed by atoms with van der Waals surface area (Å²) in [5.74, 6) is 3.55. The lowest BCUT2D eigenvalue weighted by atomic mass is 9.90. The minimum atomic E-state index is -0.0294. The zero-order chi connectivity index (χ0) is 14.2. The predicted molar refractivity (Wildman–Crippen MR) is 97.1 cm³/mol. The lowest BCUT2D eigenvalue weighted by Gasteiger charge is -2.32. The van der Waals surface area contributed by atoms with E-state index in [-0.39, 0.29) is 30.6 Å². The molecule has 1 saturated carbocycles. The van der Waals surface area contributed by atoms with E-state index in [4.69, 9.17) is 0 Å². The van der Waals surface area contributed by atoms with Crippen molar-refractivity contribution in [2.75, 3.05) is 32.7 Å². The molecule has 0 radical (unpaired) electrons. The number of fused-ring (bicyclic) bond motifs is 1. The molecule has 0 bridgehead atoms. The summed E-state index contributed by atoms with van der Waals surface area (Å²) in [6, 6.07) is 7.26. The van der Waals surface area contributed by atoms with E-state index in [1.165, 1.54) is 45.6 Å². The molecule has 0 spiro atoms. The van der Waals surface area contributed by atoms with Gasteiger partial charge >= 0.3 is 0 Å². The van der Waals surface area contributed by atoms with Crippen LogP contribution in [0.3, 0.4) is 0 Å². The van der Waals surface area contributed by atoms with Gasteiger partial charge in [0.05, 0.1) is 0 Å². The Bertz CT molecular complexity index is 496. The molecule has 2 nitrogen and oxygen atoms in total. The fourth-order valence-corrected chi connectivity index (χ4v) is 4.46. The van der Waals surface area contributed by atoms with Crippen LogP contribution in [0.1, 0.15) is 18.4 Å². The van der Waals surface area contributed by atoms with Gasteiger partial charge < -0.3 is 10.2 Å². The Balaban J connectivity index is 0.000000960. The normalized spacial score (nSPS) is 30.2. The van der Waals surface area contributed by atoms with E-state index in [1.807, 2.05) is 12.1 Å². The summed E-state index contributed by atoms with van der Waals surface area (Å²) in [5, 5.41) is 3.47. The van der Waals surface area contributed by atoms with Gasteiger partial charge in [0.1, 0.15) is 5.82 Å². The largest absolute Gasteiger partial charge is 0.316 e. The molecular weight excluding hydrogens is 334 g/mol. The van der Waals surface area contributed by atoms with Gasteiger partial charge in [-0.05, 0) is 80.7 Å². The van der Waals surface area contributed by atoms with Crippen LogP contribution in [-0.4, -0.2) is 37.6 Å². The molecule has 5 heteroatoms. The summed E-state index contributed by atoms with van der Waals surface area (Å²) < 4.78 is 13.7. The van der Waals surface area contributed by atoms with Crippen molar-refractivity contribution in [3.63, 3.8) is 0 Å². The molecule has 2 aliphatic heterocycles. The molecule has 0 aromatic heterocycles. The first-order valence-electron chi connectivity index (χ1n) is 8.48. The van der Waals surface area contributed by atoms with Crippen LogP contribution in [0.25, 0.3) is 0 Å². The van der Waals surface area contributed by atoms with Gasteiger partial charge in [0, 0.05) is 6.54 Å². The standard InChI is InChI=1S/C18H25FN2.2ClH/c19-18-4-2-1-3-14(18)9-13-5-7-21(8-6-13)12-17-15-10-20-11-16(15)17;;/h1-4,13,15-17,20H,5-12H2;2*1H/t15-,16+,17?;;. The molecule has 1 N–H and O–H groups in total. The molecule has 2 heterocycles. The summed E-state index contributed by atoms with van der Waals surface area (Å²) >= 11 is 0. The zero-order valence-electron chi connectivity index (χ0n) is 13.4. The van der Waals surface area contributed by atoms with E-state index in [9.17, 15) is 4.39 Å². The maximum absolute atomic E-state index is 13.7. The van der Waals surface area contributed by atoms with E-state index < -0.39 is 0 Å². The van der Waals surface area contributed by atoms with Crippen molar-refractivity contribution >= 4 is 24.8 Å². The van der Waals surface area contributed by atoms with Gasteiger partial charge in [-0.3, -0.25) is 0 Å². The third-order valence-electron chi connectivity index (χ3n) is 5.91. The number of nitrogens with zero attached hydrogens (tertiary/aromatic N) is 1. The predicted octanol–water partition coefficient (Wildman–Crippen LogP) is 3.39. The first kappa shape index (κ1) is 19.0. The Labute approximate surface area is 151 Å². The number of nitrogens with one attached hydrogen (secondary N) is 1.